The van der Waals surface area contributed by atoms with Crippen LogP contribution in [0, 0.1) is 0 Å². The minimum absolute atomic E-state index is 0.313. The van der Waals surface area contributed by atoms with Gasteiger partial charge < -0.3 is 28.8 Å². The number of ether oxygens (including phenoxy) is 5. The van der Waals surface area contributed by atoms with Crippen molar-refractivity contribution in [3.63, 3.8) is 0 Å². The fourth-order valence-electron chi connectivity index (χ4n) is 4.19. The van der Waals surface area contributed by atoms with Gasteiger partial charge in [0, 0.05) is 5.56 Å². The number of aliphatic hydroxyl groups excluding tert-OH is 1. The maximum atomic E-state index is 11.2. The molecule has 6 nitrogen and oxygen atoms in total. The Bertz CT molecular complexity index is 983. The lowest BCUT2D eigenvalue weighted by atomic mass is 9.97. The molecule has 0 amide bonds. The molecule has 2 aliphatic heterocycles. The molecular weight excluding hydrogens is 420 g/mol. The van der Waals surface area contributed by atoms with Gasteiger partial charge in [-0.15, -0.1) is 0 Å². The molecule has 0 radical (unpaired) electrons. The molecule has 2 fully saturated rings. The van der Waals surface area contributed by atoms with Crippen LogP contribution in [0.4, 0.5) is 0 Å². The minimum atomic E-state index is -1.02. The Hall–Kier alpha value is -2.58. The summed E-state index contributed by atoms with van der Waals surface area (Å²) in [7, 11) is 0. The van der Waals surface area contributed by atoms with Crippen LogP contribution >= 0.6 is 0 Å². The predicted octanol–water partition coefficient (Wildman–Crippen LogP) is 3.99. The number of aliphatic hydroxyl groups is 1. The standard InChI is InChI=1S/C27H28O6/c28-23-25(29-16-19-10-4-1-5-11-19)24-22(18-31-26(33-24)21-14-8-3-9-15-21)32-27(23)30-17-20-12-6-2-7-13-20/h1-15,22-28H,16-18H2/t22-,23+,24+,25+,26+,27-/m0/s1. The number of hydrogen-bond donors (Lipinski definition) is 1. The van der Waals surface area contributed by atoms with Gasteiger partial charge in [0.1, 0.15) is 24.4 Å². The SMILES string of the molecule is O[C@H]1[C@@H](OCc2ccccc2)O[C@H]2CO[C@@H](c3ccccc3)O[C@H]2[C@@H]1OCc1ccccc1. The topological polar surface area (TPSA) is 66.4 Å². The van der Waals surface area contributed by atoms with E-state index in [1.165, 1.54) is 0 Å². The maximum Gasteiger partial charge on any atom is 0.187 e. The third-order valence-corrected chi connectivity index (χ3v) is 5.92. The summed E-state index contributed by atoms with van der Waals surface area (Å²) >= 11 is 0. The average Bonchev–Trinajstić information content (AvgIpc) is 2.88. The van der Waals surface area contributed by atoms with Crippen LogP contribution in [0.3, 0.4) is 0 Å². The van der Waals surface area contributed by atoms with Gasteiger partial charge in [0.2, 0.25) is 0 Å². The van der Waals surface area contributed by atoms with Crippen LogP contribution in [0.5, 0.6) is 0 Å². The molecule has 2 aliphatic rings. The smallest absolute Gasteiger partial charge is 0.187 e. The second-order valence-corrected chi connectivity index (χ2v) is 8.27. The highest BCUT2D eigenvalue weighted by Gasteiger charge is 2.50. The van der Waals surface area contributed by atoms with Crippen LogP contribution in [-0.2, 0) is 36.9 Å². The van der Waals surface area contributed by atoms with Gasteiger partial charge >= 0.3 is 0 Å². The highest BCUT2D eigenvalue weighted by atomic mass is 16.8. The number of hydrogen-bond acceptors (Lipinski definition) is 6. The normalized spacial score (nSPS) is 29.4. The van der Waals surface area contributed by atoms with Gasteiger partial charge in [0.05, 0.1) is 19.8 Å². The molecule has 0 spiro atoms. The van der Waals surface area contributed by atoms with Gasteiger partial charge in [-0.25, -0.2) is 0 Å². The molecule has 0 bridgehead atoms. The first-order valence-corrected chi connectivity index (χ1v) is 11.2. The third-order valence-electron chi connectivity index (χ3n) is 5.92. The number of fused-ring (bicyclic) bond motifs is 1. The minimum Gasteiger partial charge on any atom is -0.385 e. The van der Waals surface area contributed by atoms with E-state index >= 15 is 0 Å². The van der Waals surface area contributed by atoms with E-state index in [0.29, 0.717) is 19.8 Å². The lowest BCUT2D eigenvalue weighted by Gasteiger charge is -2.47. The molecule has 3 aromatic carbocycles. The second kappa shape index (κ2) is 10.6. The fourth-order valence-corrected chi connectivity index (χ4v) is 4.19. The number of rotatable bonds is 7. The molecule has 2 heterocycles. The third kappa shape index (κ3) is 5.33. The van der Waals surface area contributed by atoms with E-state index in [2.05, 4.69) is 0 Å². The van der Waals surface area contributed by atoms with Crippen LogP contribution < -0.4 is 0 Å². The molecule has 0 aliphatic carbocycles. The summed E-state index contributed by atoms with van der Waals surface area (Å²) in [5.74, 6) is 0. The van der Waals surface area contributed by atoms with Gasteiger partial charge in [-0.2, -0.15) is 0 Å². The van der Waals surface area contributed by atoms with E-state index < -0.39 is 37.0 Å². The molecule has 172 valence electrons. The second-order valence-electron chi connectivity index (χ2n) is 8.27. The summed E-state index contributed by atoms with van der Waals surface area (Å²) in [4.78, 5) is 0. The molecule has 0 aromatic heterocycles. The lowest BCUT2D eigenvalue weighted by molar-refractivity contribution is -0.368. The molecule has 6 heteroatoms. The summed E-state index contributed by atoms with van der Waals surface area (Å²) in [5, 5.41) is 11.2. The van der Waals surface area contributed by atoms with Gasteiger partial charge in [-0.05, 0) is 11.1 Å². The van der Waals surface area contributed by atoms with Crippen molar-refractivity contribution in [3.05, 3.63) is 108 Å². The van der Waals surface area contributed by atoms with Crippen LogP contribution in [0.25, 0.3) is 0 Å². The molecule has 0 saturated carbocycles. The Kier molecular flexibility index (Phi) is 7.12. The van der Waals surface area contributed by atoms with E-state index in [1.54, 1.807) is 0 Å². The summed E-state index contributed by atoms with van der Waals surface area (Å²) in [6.45, 7) is 0.977. The highest BCUT2D eigenvalue weighted by molar-refractivity contribution is 5.17. The van der Waals surface area contributed by atoms with Crippen molar-refractivity contribution >= 4 is 0 Å². The van der Waals surface area contributed by atoms with Crippen molar-refractivity contribution in [1.82, 2.24) is 0 Å². The molecule has 2 saturated heterocycles. The predicted molar refractivity (Wildman–Crippen MR) is 121 cm³/mol. The quantitative estimate of drug-likeness (QED) is 0.590. The lowest BCUT2D eigenvalue weighted by Crippen LogP contribution is -2.62. The van der Waals surface area contributed by atoms with Gasteiger partial charge in [0.25, 0.3) is 0 Å². The summed E-state index contributed by atoms with van der Waals surface area (Å²) in [6.07, 6.45) is -3.98. The Balaban J connectivity index is 1.32. The first-order chi connectivity index (χ1) is 16.3. The molecule has 5 rings (SSSR count). The molecular formula is C27H28O6. The zero-order chi connectivity index (χ0) is 22.5. The average molecular weight is 449 g/mol. The fraction of sp³-hybridized carbons (Fsp3) is 0.333. The van der Waals surface area contributed by atoms with Crippen molar-refractivity contribution in [2.45, 2.75) is 50.2 Å². The van der Waals surface area contributed by atoms with Crippen LogP contribution in [0.15, 0.2) is 91.0 Å². The van der Waals surface area contributed by atoms with Crippen molar-refractivity contribution in [1.29, 1.82) is 0 Å². The number of benzene rings is 3. The van der Waals surface area contributed by atoms with Crippen molar-refractivity contribution < 1.29 is 28.8 Å². The molecule has 1 N–H and O–H groups in total. The van der Waals surface area contributed by atoms with Crippen LogP contribution in [0.2, 0.25) is 0 Å². The van der Waals surface area contributed by atoms with E-state index in [9.17, 15) is 5.11 Å². The zero-order valence-electron chi connectivity index (χ0n) is 18.2. The Labute approximate surface area is 193 Å². The van der Waals surface area contributed by atoms with E-state index in [4.69, 9.17) is 23.7 Å². The van der Waals surface area contributed by atoms with Crippen molar-refractivity contribution in [2.75, 3.05) is 6.61 Å². The molecule has 0 unspecified atom stereocenters. The monoisotopic (exact) mass is 448 g/mol. The van der Waals surface area contributed by atoms with Gasteiger partial charge in [-0.1, -0.05) is 91.0 Å². The molecule has 3 aromatic rings. The zero-order valence-corrected chi connectivity index (χ0v) is 18.2. The maximum absolute atomic E-state index is 11.2. The van der Waals surface area contributed by atoms with Crippen LogP contribution in [-0.4, -0.2) is 42.4 Å². The van der Waals surface area contributed by atoms with Gasteiger partial charge in [-0.3, -0.25) is 0 Å². The van der Waals surface area contributed by atoms with Crippen molar-refractivity contribution in [2.24, 2.45) is 0 Å². The Morgan fingerprint density at radius 2 is 1.30 bits per heavy atom. The Morgan fingerprint density at radius 1 is 0.727 bits per heavy atom. The Morgan fingerprint density at radius 3 is 1.94 bits per heavy atom. The first-order valence-electron chi connectivity index (χ1n) is 11.2. The molecule has 6 atom stereocenters. The van der Waals surface area contributed by atoms with E-state index in [0.717, 1.165) is 16.7 Å². The first kappa shape index (κ1) is 22.2. The summed E-state index contributed by atoms with van der Waals surface area (Å²) in [5.41, 5.74) is 2.92. The highest BCUT2D eigenvalue weighted by Crippen LogP contribution is 2.36. The summed E-state index contributed by atoms with van der Waals surface area (Å²) < 4.78 is 30.5. The summed E-state index contributed by atoms with van der Waals surface area (Å²) in [6, 6.07) is 29.4. The molecule has 33 heavy (non-hydrogen) atoms. The van der Waals surface area contributed by atoms with E-state index in [1.807, 2.05) is 91.0 Å². The van der Waals surface area contributed by atoms with E-state index in [-0.39, 0.29) is 0 Å². The van der Waals surface area contributed by atoms with Gasteiger partial charge in [0.15, 0.2) is 12.6 Å². The van der Waals surface area contributed by atoms with Crippen molar-refractivity contribution in [3.8, 4) is 0 Å². The largest absolute Gasteiger partial charge is 0.385 e. The van der Waals surface area contributed by atoms with Crippen LogP contribution in [0.1, 0.15) is 23.0 Å².